The quantitative estimate of drug-likeness (QED) is 0.566. The van der Waals surface area contributed by atoms with Crippen LogP contribution in [-0.2, 0) is 16.9 Å². The number of nitrogens with zero attached hydrogens (tertiary/aromatic N) is 3. The van der Waals surface area contributed by atoms with Gasteiger partial charge >= 0.3 is 6.03 Å². The molecule has 2 aromatic carbocycles. The molecule has 1 fully saturated rings. The minimum atomic E-state index is -1.25. The highest BCUT2D eigenvalue weighted by atomic mass is 79.9. The molecule has 3 heterocycles. The second-order valence-electron chi connectivity index (χ2n) is 7.29. The summed E-state index contributed by atoms with van der Waals surface area (Å²) in [6, 6.07) is 12.1. The number of imide groups is 1. The number of nitrogens with one attached hydrogen (secondary N) is 1. The molecule has 0 bridgehead atoms. The van der Waals surface area contributed by atoms with Gasteiger partial charge in [-0.15, -0.1) is 10.2 Å². The van der Waals surface area contributed by atoms with Gasteiger partial charge in [0.25, 0.3) is 5.91 Å². The summed E-state index contributed by atoms with van der Waals surface area (Å²) in [5, 5.41) is 10.8. The lowest BCUT2D eigenvalue weighted by Gasteiger charge is -2.25. The Bertz CT molecular complexity index is 1200. The van der Waals surface area contributed by atoms with Crippen LogP contribution < -0.4 is 14.8 Å². The number of ether oxygens (including phenoxy) is 2. The van der Waals surface area contributed by atoms with Crippen molar-refractivity contribution >= 4 is 27.9 Å². The zero-order chi connectivity index (χ0) is 21.6. The monoisotopic (exact) mass is 484 g/mol. The zero-order valence-electron chi connectivity index (χ0n) is 16.4. The molecule has 3 amide bonds. The predicted octanol–water partition coefficient (Wildman–Crippen LogP) is 3.24. The molecule has 1 aromatic heterocycles. The SMILES string of the molecule is C[C@@]1(c2ccc3c(c2)OCCO3)NC(=O)N(Cc2nnc(-c3ccccc3Br)o2)C1=O. The smallest absolute Gasteiger partial charge is 0.325 e. The van der Waals surface area contributed by atoms with Gasteiger partial charge in [0, 0.05) is 4.47 Å². The van der Waals surface area contributed by atoms with Crippen LogP contribution in [0.15, 0.2) is 51.4 Å². The summed E-state index contributed by atoms with van der Waals surface area (Å²) in [5.74, 6) is 1.18. The van der Waals surface area contributed by atoms with Crippen molar-refractivity contribution in [2.24, 2.45) is 0 Å². The summed E-state index contributed by atoms with van der Waals surface area (Å²) in [6.07, 6.45) is 0. The van der Waals surface area contributed by atoms with Crippen molar-refractivity contribution in [3.63, 3.8) is 0 Å². The first kappa shape index (κ1) is 19.6. The molecule has 3 aromatic rings. The molecule has 158 valence electrons. The maximum absolute atomic E-state index is 13.2. The number of rotatable bonds is 4. The maximum atomic E-state index is 13.2. The Morgan fingerprint density at radius 3 is 2.68 bits per heavy atom. The Hall–Kier alpha value is -3.40. The number of benzene rings is 2. The van der Waals surface area contributed by atoms with E-state index in [1.807, 2.05) is 24.3 Å². The second kappa shape index (κ2) is 7.38. The van der Waals surface area contributed by atoms with Crippen LogP contribution in [0.5, 0.6) is 11.5 Å². The van der Waals surface area contributed by atoms with Crippen LogP contribution in [0.4, 0.5) is 4.79 Å². The summed E-state index contributed by atoms with van der Waals surface area (Å²) in [7, 11) is 0. The first-order chi connectivity index (χ1) is 15.0. The van der Waals surface area contributed by atoms with Crippen LogP contribution in [0.25, 0.3) is 11.5 Å². The molecule has 9 nitrogen and oxygen atoms in total. The third-order valence-electron chi connectivity index (χ3n) is 5.26. The second-order valence-corrected chi connectivity index (χ2v) is 8.14. The number of urea groups is 1. The van der Waals surface area contributed by atoms with E-state index in [0.29, 0.717) is 36.2 Å². The van der Waals surface area contributed by atoms with E-state index < -0.39 is 17.5 Å². The van der Waals surface area contributed by atoms with Crippen LogP contribution in [0, 0.1) is 0 Å². The van der Waals surface area contributed by atoms with Gasteiger partial charge < -0.3 is 19.2 Å². The van der Waals surface area contributed by atoms with E-state index in [-0.39, 0.29) is 12.4 Å². The summed E-state index contributed by atoms with van der Waals surface area (Å²) >= 11 is 3.44. The zero-order valence-corrected chi connectivity index (χ0v) is 18.0. The highest BCUT2D eigenvalue weighted by molar-refractivity contribution is 9.10. The molecule has 31 heavy (non-hydrogen) atoms. The minimum absolute atomic E-state index is 0.137. The van der Waals surface area contributed by atoms with Crippen LogP contribution in [0.2, 0.25) is 0 Å². The average molecular weight is 485 g/mol. The van der Waals surface area contributed by atoms with Crippen molar-refractivity contribution in [2.45, 2.75) is 19.0 Å². The number of amides is 3. The number of hydrogen-bond acceptors (Lipinski definition) is 7. The molecule has 5 rings (SSSR count). The van der Waals surface area contributed by atoms with Crippen molar-refractivity contribution in [1.82, 2.24) is 20.4 Å². The third-order valence-corrected chi connectivity index (χ3v) is 5.95. The van der Waals surface area contributed by atoms with Gasteiger partial charge in [-0.3, -0.25) is 9.69 Å². The fourth-order valence-electron chi connectivity index (χ4n) is 3.59. The highest BCUT2D eigenvalue weighted by Gasteiger charge is 2.49. The number of carbonyl (C=O) groups excluding carboxylic acids is 2. The van der Waals surface area contributed by atoms with E-state index in [9.17, 15) is 9.59 Å². The van der Waals surface area contributed by atoms with Gasteiger partial charge in [0.15, 0.2) is 11.5 Å². The van der Waals surface area contributed by atoms with Gasteiger partial charge in [0.05, 0.1) is 5.56 Å². The van der Waals surface area contributed by atoms with Gasteiger partial charge in [0.1, 0.15) is 25.3 Å². The van der Waals surface area contributed by atoms with E-state index in [4.69, 9.17) is 13.9 Å². The van der Waals surface area contributed by atoms with Crippen molar-refractivity contribution in [3.8, 4) is 23.0 Å². The van der Waals surface area contributed by atoms with Gasteiger partial charge in [-0.1, -0.05) is 18.2 Å². The van der Waals surface area contributed by atoms with Crippen molar-refractivity contribution in [2.75, 3.05) is 13.2 Å². The molecule has 2 aliphatic heterocycles. The van der Waals surface area contributed by atoms with Crippen molar-refractivity contribution in [1.29, 1.82) is 0 Å². The van der Waals surface area contributed by atoms with Gasteiger partial charge in [-0.05, 0) is 52.7 Å². The molecule has 0 radical (unpaired) electrons. The van der Waals surface area contributed by atoms with Crippen molar-refractivity contribution < 1.29 is 23.5 Å². The molecule has 0 unspecified atom stereocenters. The summed E-state index contributed by atoms with van der Waals surface area (Å²) in [5.41, 5.74) is 0.0645. The molecule has 0 spiro atoms. The predicted molar refractivity (Wildman–Crippen MR) is 111 cm³/mol. The van der Waals surface area contributed by atoms with E-state index >= 15 is 0 Å². The molecular formula is C21H17BrN4O5. The van der Waals surface area contributed by atoms with Gasteiger partial charge in [-0.2, -0.15) is 0 Å². The largest absolute Gasteiger partial charge is 0.486 e. The van der Waals surface area contributed by atoms with Crippen LogP contribution in [-0.4, -0.2) is 40.2 Å². The van der Waals surface area contributed by atoms with E-state index in [0.717, 1.165) is 14.9 Å². The average Bonchev–Trinajstić information content (AvgIpc) is 3.33. The lowest BCUT2D eigenvalue weighted by atomic mass is 9.91. The standard InChI is InChI=1S/C21H17BrN4O5/c1-21(12-6-7-15-16(10-12)30-9-8-29-15)19(27)26(20(28)23-21)11-17-24-25-18(31-17)13-4-2-3-5-14(13)22/h2-7,10H,8-9,11H2,1H3,(H,23,28)/t21-/m0/s1. The first-order valence-corrected chi connectivity index (χ1v) is 10.4. The number of hydrogen-bond donors (Lipinski definition) is 1. The minimum Gasteiger partial charge on any atom is -0.486 e. The molecule has 10 heteroatoms. The number of carbonyl (C=O) groups is 2. The normalized spacial score (nSPS) is 20.1. The first-order valence-electron chi connectivity index (χ1n) is 9.57. The van der Waals surface area contributed by atoms with E-state index in [2.05, 4.69) is 31.4 Å². The topological polar surface area (TPSA) is 107 Å². The fraction of sp³-hybridized carbons (Fsp3) is 0.238. The molecule has 0 saturated carbocycles. The van der Waals surface area contributed by atoms with Crippen LogP contribution in [0.3, 0.4) is 0 Å². The lowest BCUT2D eigenvalue weighted by Crippen LogP contribution is -2.41. The number of halogens is 1. The molecule has 1 saturated heterocycles. The molecule has 1 N–H and O–H groups in total. The lowest BCUT2D eigenvalue weighted by molar-refractivity contribution is -0.131. The Balaban J connectivity index is 1.39. The number of aromatic nitrogens is 2. The summed E-state index contributed by atoms with van der Waals surface area (Å²) < 4.78 is 17.6. The Labute approximate surface area is 185 Å². The van der Waals surface area contributed by atoms with E-state index in [1.54, 1.807) is 25.1 Å². The van der Waals surface area contributed by atoms with Crippen LogP contribution >= 0.6 is 15.9 Å². The third kappa shape index (κ3) is 3.32. The van der Waals surface area contributed by atoms with Gasteiger partial charge in [-0.25, -0.2) is 4.79 Å². The molecule has 1 atom stereocenters. The fourth-order valence-corrected chi connectivity index (χ4v) is 4.04. The molecule has 0 aliphatic carbocycles. The number of fused-ring (bicyclic) bond motifs is 1. The highest BCUT2D eigenvalue weighted by Crippen LogP contribution is 2.37. The van der Waals surface area contributed by atoms with Crippen molar-refractivity contribution in [3.05, 3.63) is 58.4 Å². The Morgan fingerprint density at radius 2 is 1.87 bits per heavy atom. The maximum Gasteiger partial charge on any atom is 0.325 e. The van der Waals surface area contributed by atoms with Crippen LogP contribution in [0.1, 0.15) is 18.4 Å². The Morgan fingerprint density at radius 1 is 1.10 bits per heavy atom. The van der Waals surface area contributed by atoms with E-state index in [1.165, 1.54) is 0 Å². The molecule has 2 aliphatic rings. The van der Waals surface area contributed by atoms with Gasteiger partial charge in [0.2, 0.25) is 11.8 Å². The summed E-state index contributed by atoms with van der Waals surface area (Å²) in [6.45, 7) is 2.41. The summed E-state index contributed by atoms with van der Waals surface area (Å²) in [4.78, 5) is 26.9. The Kier molecular flexibility index (Phi) is 4.66. The molecular weight excluding hydrogens is 468 g/mol.